The fourth-order valence-electron chi connectivity index (χ4n) is 6.52. The van der Waals surface area contributed by atoms with Crippen molar-refractivity contribution in [3.63, 3.8) is 0 Å². The average Bonchev–Trinajstić information content (AvgIpc) is 3.62. The number of carbonyl (C=O) groups excluding carboxylic acids is 1. The third-order valence-corrected chi connectivity index (χ3v) is 11.0. The molecule has 2 aliphatic heterocycles. The van der Waals surface area contributed by atoms with E-state index in [1.807, 2.05) is 35.3 Å². The van der Waals surface area contributed by atoms with E-state index < -0.39 is 14.2 Å². The first-order valence-corrected chi connectivity index (χ1v) is 19.5. The van der Waals surface area contributed by atoms with E-state index in [2.05, 4.69) is 35.0 Å². The number of benzene rings is 1. The van der Waals surface area contributed by atoms with Crippen LogP contribution >= 0.6 is 11.6 Å². The van der Waals surface area contributed by atoms with Crippen molar-refractivity contribution in [1.29, 1.82) is 0 Å². The summed E-state index contributed by atoms with van der Waals surface area (Å²) in [6.45, 7) is 8.12. The van der Waals surface area contributed by atoms with Crippen molar-refractivity contribution in [3.8, 4) is 11.1 Å². The van der Waals surface area contributed by atoms with Crippen LogP contribution in [-0.2, 0) is 22.8 Å². The largest absolute Gasteiger partial charge is 0.465 e. The maximum Gasteiger partial charge on any atom is 0.404 e. The highest BCUT2D eigenvalue weighted by Gasteiger charge is 2.42. The van der Waals surface area contributed by atoms with Crippen molar-refractivity contribution in [3.05, 3.63) is 35.7 Å². The predicted octanol–water partition coefficient (Wildman–Crippen LogP) is 5.27. The second-order valence-corrected chi connectivity index (χ2v) is 19.6. The summed E-state index contributed by atoms with van der Waals surface area (Å²) < 4.78 is 9.80. The predicted molar refractivity (Wildman–Crippen MR) is 178 cm³/mol. The number of piperidine rings is 1. The van der Waals surface area contributed by atoms with Crippen molar-refractivity contribution >= 4 is 59.6 Å². The smallest absolute Gasteiger partial charge is 0.404 e. The zero-order valence-electron chi connectivity index (χ0n) is 26.5. The van der Waals surface area contributed by atoms with E-state index in [1.54, 1.807) is 18.8 Å². The van der Waals surface area contributed by atoms with Crippen LogP contribution in [0.15, 0.2) is 30.7 Å². The van der Waals surface area contributed by atoms with Gasteiger partial charge >= 0.3 is 6.09 Å². The normalized spacial score (nSPS) is 19.9. The molecule has 0 aliphatic carbocycles. The van der Waals surface area contributed by atoms with Gasteiger partial charge in [0.2, 0.25) is 5.91 Å². The van der Waals surface area contributed by atoms with E-state index in [0.717, 1.165) is 59.6 Å². The quantitative estimate of drug-likeness (QED) is 0.175. The van der Waals surface area contributed by atoms with Crippen LogP contribution in [0.1, 0.15) is 25.7 Å². The zero-order chi connectivity index (χ0) is 32.0. The summed E-state index contributed by atoms with van der Waals surface area (Å²) in [5.74, 6) is 0.739. The van der Waals surface area contributed by atoms with Crippen LogP contribution in [0.4, 0.5) is 10.6 Å². The molecule has 3 atom stereocenters. The molecule has 45 heavy (non-hydrogen) atoms. The summed E-state index contributed by atoms with van der Waals surface area (Å²) in [7, 11) is 2.18. The number of nitrogens with one attached hydrogen (secondary N) is 1. The lowest BCUT2D eigenvalue weighted by molar-refractivity contribution is -0.129. The van der Waals surface area contributed by atoms with Gasteiger partial charge in [0, 0.05) is 75.8 Å². The van der Waals surface area contributed by atoms with Gasteiger partial charge in [-0.3, -0.25) is 9.48 Å². The number of anilines is 1. The summed E-state index contributed by atoms with van der Waals surface area (Å²) in [4.78, 5) is 37.6. The van der Waals surface area contributed by atoms with E-state index in [9.17, 15) is 14.7 Å². The molecule has 240 valence electrons. The molecule has 1 aromatic carbocycles. The maximum absolute atomic E-state index is 12.3. The molecule has 4 aromatic rings. The number of aromatic nitrogens is 5. The van der Waals surface area contributed by atoms with Gasteiger partial charge < -0.3 is 29.5 Å². The van der Waals surface area contributed by atoms with Gasteiger partial charge in [-0.15, -0.1) is 0 Å². The van der Waals surface area contributed by atoms with Crippen LogP contribution in [0, 0.1) is 0 Å². The molecule has 2 aliphatic rings. The average molecular weight is 653 g/mol. The van der Waals surface area contributed by atoms with Crippen molar-refractivity contribution < 1.29 is 19.4 Å². The summed E-state index contributed by atoms with van der Waals surface area (Å²) in [5, 5.41) is 17.8. The summed E-state index contributed by atoms with van der Waals surface area (Å²) in [5.41, 5.74) is 3.78. The molecule has 3 aromatic heterocycles. The molecule has 2 amide bonds. The number of hydrogen-bond acceptors (Lipinski definition) is 7. The number of carboxylic acid groups (broad SMARTS) is 1. The van der Waals surface area contributed by atoms with E-state index in [0.29, 0.717) is 29.5 Å². The molecule has 5 heterocycles. The first-order valence-electron chi connectivity index (χ1n) is 15.5. The molecule has 2 N–H and O–H groups in total. The van der Waals surface area contributed by atoms with Gasteiger partial charge in [-0.25, -0.2) is 14.8 Å². The number of rotatable bonds is 10. The zero-order valence-corrected chi connectivity index (χ0v) is 28.2. The van der Waals surface area contributed by atoms with Gasteiger partial charge in [0.25, 0.3) is 0 Å². The SMILES string of the molecule is CN(C)C(=O)Cn1cc2c(Cl)c(-c3cn(COCC[Si](C)(C)C)c4nc(N5[C@@H]6CC[C@H]5C[C@@H](NC(=O)O)C6)cnc34)ccc2n1. The molecular weight excluding hydrogens is 612 g/mol. The van der Waals surface area contributed by atoms with Crippen LogP contribution in [0.3, 0.4) is 0 Å². The fraction of sp³-hybridized carbons (Fsp3) is 0.516. The number of nitrogens with zero attached hydrogens (tertiary/aromatic N) is 7. The van der Waals surface area contributed by atoms with Crippen molar-refractivity contribution in [2.75, 3.05) is 25.6 Å². The minimum atomic E-state index is -1.26. The standard InChI is InChI=1S/C31H41ClN8O4Si/c1-37(2)27(41)17-39-16-24-25(36-39)9-8-22(28(24)32)23-15-38(18-44-10-11-45(3,4)5)30-29(23)33-14-26(35-30)40-20-6-7-21(40)13-19(12-20)34-31(42)43/h8-9,14-16,19-21,34H,6-7,10-13,17-18H2,1-5H3,(H,42,43)/t19-,20+,21-. The highest BCUT2D eigenvalue weighted by atomic mass is 35.5. The van der Waals surface area contributed by atoms with Crippen LogP contribution in [0.25, 0.3) is 33.2 Å². The topological polar surface area (TPSA) is 131 Å². The van der Waals surface area contributed by atoms with Crippen molar-refractivity contribution in [2.45, 2.75) is 82.8 Å². The molecule has 2 bridgehead atoms. The Kier molecular flexibility index (Phi) is 8.52. The van der Waals surface area contributed by atoms with Gasteiger partial charge in [-0.2, -0.15) is 5.10 Å². The molecular formula is C31H41ClN8O4Si. The Morgan fingerprint density at radius 3 is 2.53 bits per heavy atom. The summed E-state index contributed by atoms with van der Waals surface area (Å²) >= 11 is 7.04. The number of hydrogen-bond donors (Lipinski definition) is 2. The Morgan fingerprint density at radius 1 is 1.13 bits per heavy atom. The van der Waals surface area contributed by atoms with E-state index >= 15 is 0 Å². The second kappa shape index (κ2) is 12.3. The lowest BCUT2D eigenvalue weighted by Crippen LogP contribution is -2.50. The lowest BCUT2D eigenvalue weighted by atomic mass is 9.97. The van der Waals surface area contributed by atoms with Gasteiger partial charge in [0.05, 0.1) is 16.7 Å². The Morgan fingerprint density at radius 2 is 1.87 bits per heavy atom. The number of fused-ring (bicyclic) bond motifs is 4. The van der Waals surface area contributed by atoms with Crippen LogP contribution in [0.5, 0.6) is 0 Å². The first-order chi connectivity index (χ1) is 21.4. The molecule has 14 heteroatoms. The van der Waals surface area contributed by atoms with Gasteiger partial charge in [0.15, 0.2) is 5.65 Å². The van der Waals surface area contributed by atoms with Crippen LogP contribution in [-0.4, -0.2) is 93.2 Å². The number of likely N-dealkylation sites (N-methyl/N-ethyl adjacent to an activating group) is 1. The highest BCUT2D eigenvalue weighted by molar-refractivity contribution is 6.76. The van der Waals surface area contributed by atoms with Gasteiger partial charge in [-0.1, -0.05) is 37.3 Å². The number of carbonyl (C=O) groups is 2. The third-order valence-electron chi connectivity index (χ3n) is 8.86. The Bertz CT molecular complexity index is 1730. The summed E-state index contributed by atoms with van der Waals surface area (Å²) in [6.07, 6.45) is 8.17. The number of amides is 2. The minimum Gasteiger partial charge on any atom is -0.465 e. The summed E-state index contributed by atoms with van der Waals surface area (Å²) in [6, 6.07) is 5.27. The molecule has 2 fully saturated rings. The Balaban J connectivity index is 1.36. The fourth-order valence-corrected chi connectivity index (χ4v) is 7.59. The second-order valence-electron chi connectivity index (χ2n) is 13.6. The molecule has 2 saturated heterocycles. The first kappa shape index (κ1) is 31.3. The lowest BCUT2D eigenvalue weighted by Gasteiger charge is -2.39. The Labute approximate surface area is 268 Å². The molecule has 0 saturated carbocycles. The van der Waals surface area contributed by atoms with Crippen molar-refractivity contribution in [2.24, 2.45) is 0 Å². The van der Waals surface area contributed by atoms with Gasteiger partial charge in [-0.05, 0) is 37.8 Å². The molecule has 6 rings (SSSR count). The van der Waals surface area contributed by atoms with Crippen LogP contribution in [0.2, 0.25) is 30.7 Å². The highest BCUT2D eigenvalue weighted by Crippen LogP contribution is 2.41. The third kappa shape index (κ3) is 6.52. The monoisotopic (exact) mass is 652 g/mol. The number of halogens is 1. The molecule has 0 radical (unpaired) electrons. The Hall–Kier alpha value is -3.68. The molecule has 0 unspecified atom stereocenters. The molecule has 0 spiro atoms. The van der Waals surface area contributed by atoms with E-state index in [4.69, 9.17) is 26.3 Å². The number of ether oxygens (including phenoxy) is 1. The molecule has 12 nitrogen and oxygen atoms in total. The minimum absolute atomic E-state index is 0.0504. The van der Waals surface area contributed by atoms with Crippen molar-refractivity contribution in [1.82, 2.24) is 34.5 Å². The van der Waals surface area contributed by atoms with Crippen LogP contribution < -0.4 is 10.2 Å². The van der Waals surface area contributed by atoms with Gasteiger partial charge in [0.1, 0.15) is 24.6 Å². The maximum atomic E-state index is 12.3. The van der Waals surface area contributed by atoms with E-state index in [1.165, 1.54) is 4.90 Å². The van der Waals surface area contributed by atoms with E-state index in [-0.39, 0.29) is 30.6 Å².